The number of fused-ring (bicyclic) bond motifs is 1. The van der Waals surface area contributed by atoms with E-state index in [1.807, 2.05) is 6.07 Å². The Morgan fingerprint density at radius 2 is 1.87 bits per heavy atom. The Labute approximate surface area is 92.5 Å². The van der Waals surface area contributed by atoms with Crippen LogP contribution in [0.5, 0.6) is 0 Å². The maximum Gasteiger partial charge on any atom is 0.323 e. The Bertz CT molecular complexity index is 560. The fourth-order valence-electron chi connectivity index (χ4n) is 1.70. The summed E-state index contributed by atoms with van der Waals surface area (Å²) in [7, 11) is 0. The zero-order chi connectivity index (χ0) is 11.2. The molecule has 2 N–H and O–H groups in total. The lowest BCUT2D eigenvalue weighted by Crippen LogP contribution is -2.12. The summed E-state index contributed by atoms with van der Waals surface area (Å²) in [6.07, 6.45) is 0. The zero-order valence-corrected chi connectivity index (χ0v) is 9.70. The number of aromatic nitrogens is 2. The lowest BCUT2D eigenvalue weighted by Gasteiger charge is -2.19. The van der Waals surface area contributed by atoms with E-state index in [1.54, 1.807) is 6.07 Å². The van der Waals surface area contributed by atoms with E-state index in [9.17, 15) is 4.79 Å². The van der Waals surface area contributed by atoms with Gasteiger partial charge in [-0.25, -0.2) is 4.79 Å². The minimum Gasteiger partial charge on any atom is -0.306 e. The van der Waals surface area contributed by atoms with E-state index in [-0.39, 0.29) is 11.1 Å². The molecule has 1 heterocycles. The van der Waals surface area contributed by atoms with Gasteiger partial charge in [0, 0.05) is 5.02 Å². The largest absolute Gasteiger partial charge is 0.323 e. The number of hydrogen-bond donors (Lipinski definition) is 2. The molecule has 0 fully saturated rings. The van der Waals surface area contributed by atoms with E-state index in [0.29, 0.717) is 5.02 Å². The van der Waals surface area contributed by atoms with Crippen LogP contribution in [0.4, 0.5) is 0 Å². The van der Waals surface area contributed by atoms with E-state index < -0.39 is 0 Å². The predicted octanol–water partition coefficient (Wildman–Crippen LogP) is 2.81. The first kappa shape index (κ1) is 10.3. The Morgan fingerprint density at radius 1 is 1.20 bits per heavy atom. The number of nitrogens with one attached hydrogen (secondary N) is 2. The Balaban J connectivity index is 2.88. The standard InChI is InChI=1S/C11H13ClN2O/c1-11(2,3)7-4-6(12)5-8-9(7)14-10(15)13-8/h4-5H,1-3H3,(H2,13,14,15). The zero-order valence-electron chi connectivity index (χ0n) is 8.94. The third-order valence-corrected chi connectivity index (χ3v) is 2.62. The van der Waals surface area contributed by atoms with Crippen LogP contribution in [-0.2, 0) is 5.41 Å². The molecule has 1 aromatic heterocycles. The summed E-state index contributed by atoms with van der Waals surface area (Å²) in [6, 6.07) is 3.65. The SMILES string of the molecule is CC(C)(C)c1cc(Cl)cc2[nH]c(=O)[nH]c12. The average Bonchev–Trinajstić information content (AvgIpc) is 2.41. The van der Waals surface area contributed by atoms with Gasteiger partial charge in [-0.1, -0.05) is 32.4 Å². The molecule has 80 valence electrons. The number of H-pyrrole nitrogens is 2. The second-order valence-electron chi connectivity index (χ2n) is 4.71. The first-order chi connectivity index (χ1) is 6.88. The Hall–Kier alpha value is -1.22. The maximum atomic E-state index is 11.2. The van der Waals surface area contributed by atoms with Gasteiger partial charge in [-0.3, -0.25) is 0 Å². The van der Waals surface area contributed by atoms with Crippen molar-refractivity contribution < 1.29 is 0 Å². The summed E-state index contributed by atoms with van der Waals surface area (Å²) in [6.45, 7) is 6.26. The maximum absolute atomic E-state index is 11.2. The van der Waals surface area contributed by atoms with Crippen LogP contribution in [0.15, 0.2) is 16.9 Å². The number of imidazole rings is 1. The highest BCUT2D eigenvalue weighted by Gasteiger charge is 2.19. The molecule has 2 aromatic rings. The van der Waals surface area contributed by atoms with Crippen molar-refractivity contribution in [2.45, 2.75) is 26.2 Å². The van der Waals surface area contributed by atoms with E-state index >= 15 is 0 Å². The third kappa shape index (κ3) is 1.79. The molecule has 0 aliphatic heterocycles. The second kappa shape index (κ2) is 3.14. The van der Waals surface area contributed by atoms with Crippen LogP contribution in [0.3, 0.4) is 0 Å². The van der Waals surface area contributed by atoms with Crippen LogP contribution in [0.2, 0.25) is 5.02 Å². The average molecular weight is 225 g/mol. The van der Waals surface area contributed by atoms with Crippen LogP contribution < -0.4 is 5.69 Å². The predicted molar refractivity (Wildman–Crippen MR) is 62.6 cm³/mol. The first-order valence-electron chi connectivity index (χ1n) is 4.80. The molecule has 15 heavy (non-hydrogen) atoms. The summed E-state index contributed by atoms with van der Waals surface area (Å²) in [5.74, 6) is 0. The first-order valence-corrected chi connectivity index (χ1v) is 5.18. The highest BCUT2D eigenvalue weighted by molar-refractivity contribution is 6.31. The summed E-state index contributed by atoms with van der Waals surface area (Å²) in [5, 5.41) is 0.641. The van der Waals surface area contributed by atoms with Gasteiger partial charge in [-0.05, 0) is 23.1 Å². The van der Waals surface area contributed by atoms with Gasteiger partial charge >= 0.3 is 5.69 Å². The molecule has 0 bridgehead atoms. The molecule has 0 saturated carbocycles. The van der Waals surface area contributed by atoms with Crippen LogP contribution in [0.1, 0.15) is 26.3 Å². The van der Waals surface area contributed by atoms with Crippen molar-refractivity contribution in [2.75, 3.05) is 0 Å². The van der Waals surface area contributed by atoms with Gasteiger partial charge in [0.1, 0.15) is 0 Å². The molecule has 0 amide bonds. The number of rotatable bonds is 0. The van der Waals surface area contributed by atoms with Crippen LogP contribution in [0, 0.1) is 0 Å². The van der Waals surface area contributed by atoms with Gasteiger partial charge in [0.05, 0.1) is 11.0 Å². The molecule has 0 aliphatic carbocycles. The van der Waals surface area contributed by atoms with Crippen molar-refractivity contribution in [3.05, 3.63) is 33.2 Å². The van der Waals surface area contributed by atoms with Crippen molar-refractivity contribution in [1.82, 2.24) is 9.97 Å². The molecule has 0 unspecified atom stereocenters. The number of aromatic amines is 2. The molecule has 3 nitrogen and oxygen atoms in total. The molecular formula is C11H13ClN2O. The number of halogens is 1. The van der Waals surface area contributed by atoms with E-state index in [0.717, 1.165) is 16.6 Å². The topological polar surface area (TPSA) is 48.6 Å². The van der Waals surface area contributed by atoms with Crippen molar-refractivity contribution in [3.63, 3.8) is 0 Å². The van der Waals surface area contributed by atoms with Gasteiger partial charge in [0.25, 0.3) is 0 Å². The highest BCUT2D eigenvalue weighted by Crippen LogP contribution is 2.30. The fourth-order valence-corrected chi connectivity index (χ4v) is 1.92. The molecule has 4 heteroatoms. The normalized spacial score (nSPS) is 12.3. The van der Waals surface area contributed by atoms with Gasteiger partial charge in [-0.15, -0.1) is 0 Å². The van der Waals surface area contributed by atoms with E-state index in [1.165, 1.54) is 0 Å². The van der Waals surface area contributed by atoms with Crippen LogP contribution >= 0.6 is 11.6 Å². The second-order valence-corrected chi connectivity index (χ2v) is 5.14. The monoisotopic (exact) mass is 224 g/mol. The summed E-state index contributed by atoms with van der Waals surface area (Å²) in [4.78, 5) is 16.7. The summed E-state index contributed by atoms with van der Waals surface area (Å²) >= 11 is 6.00. The molecule has 0 radical (unpaired) electrons. The minimum atomic E-state index is -0.197. The molecule has 2 rings (SSSR count). The minimum absolute atomic E-state index is 0.0473. The lowest BCUT2D eigenvalue weighted by atomic mass is 9.86. The van der Waals surface area contributed by atoms with Crippen molar-refractivity contribution in [1.29, 1.82) is 0 Å². The Morgan fingerprint density at radius 3 is 2.47 bits per heavy atom. The molecular weight excluding hydrogens is 212 g/mol. The number of benzene rings is 1. The van der Waals surface area contributed by atoms with Gasteiger partial charge in [-0.2, -0.15) is 0 Å². The highest BCUT2D eigenvalue weighted by atomic mass is 35.5. The van der Waals surface area contributed by atoms with Gasteiger partial charge in [0.2, 0.25) is 0 Å². The van der Waals surface area contributed by atoms with Crippen LogP contribution in [-0.4, -0.2) is 9.97 Å². The van der Waals surface area contributed by atoms with E-state index in [2.05, 4.69) is 30.7 Å². The molecule has 0 saturated heterocycles. The van der Waals surface area contributed by atoms with Crippen molar-refractivity contribution in [2.24, 2.45) is 0 Å². The molecule has 0 aliphatic rings. The Kier molecular flexibility index (Phi) is 2.15. The molecule has 1 aromatic carbocycles. The van der Waals surface area contributed by atoms with Gasteiger partial charge < -0.3 is 9.97 Å². The molecule has 0 atom stereocenters. The quantitative estimate of drug-likeness (QED) is 0.710. The van der Waals surface area contributed by atoms with E-state index in [4.69, 9.17) is 11.6 Å². The smallest absolute Gasteiger partial charge is 0.306 e. The van der Waals surface area contributed by atoms with Crippen molar-refractivity contribution >= 4 is 22.6 Å². The third-order valence-electron chi connectivity index (χ3n) is 2.40. The molecule has 0 spiro atoms. The lowest BCUT2D eigenvalue weighted by molar-refractivity contribution is 0.595. The van der Waals surface area contributed by atoms with Gasteiger partial charge in [0.15, 0.2) is 0 Å². The number of hydrogen-bond acceptors (Lipinski definition) is 1. The summed E-state index contributed by atoms with van der Waals surface area (Å²) < 4.78 is 0. The fraction of sp³-hybridized carbons (Fsp3) is 0.364. The summed E-state index contributed by atoms with van der Waals surface area (Å²) in [5.41, 5.74) is 2.41. The van der Waals surface area contributed by atoms with Crippen LogP contribution in [0.25, 0.3) is 11.0 Å². The van der Waals surface area contributed by atoms with Crippen molar-refractivity contribution in [3.8, 4) is 0 Å².